The van der Waals surface area contributed by atoms with Crippen molar-refractivity contribution >= 4 is 21.9 Å². The van der Waals surface area contributed by atoms with Gasteiger partial charge in [-0.05, 0) is 18.2 Å². The summed E-state index contributed by atoms with van der Waals surface area (Å²) in [7, 11) is -4.00. The van der Waals surface area contributed by atoms with Crippen molar-refractivity contribution in [2.75, 3.05) is 6.54 Å². The highest BCUT2D eigenvalue weighted by Crippen LogP contribution is 2.31. The second kappa shape index (κ2) is 4.40. The molecule has 19 heavy (non-hydrogen) atoms. The topological polar surface area (TPSA) is 91.8 Å². The van der Waals surface area contributed by atoms with Crippen molar-refractivity contribution in [2.24, 2.45) is 0 Å². The number of sulfonamides is 1. The minimum absolute atomic E-state index is 0.0259. The third-order valence-corrected chi connectivity index (χ3v) is 4.54. The SMILES string of the molecule is C#CCCN1C(=O)c2ccc(C(=O)O)cc2S1(=O)=O. The number of carbonyl (C=O) groups excluding carboxylic acids is 1. The molecular formula is C12H9NO5S. The predicted molar refractivity (Wildman–Crippen MR) is 65.1 cm³/mol. The molecule has 0 spiro atoms. The molecule has 1 aromatic carbocycles. The Bertz CT molecular complexity index is 714. The van der Waals surface area contributed by atoms with Crippen LogP contribution in [0.2, 0.25) is 0 Å². The Kier molecular flexibility index (Phi) is 3.04. The van der Waals surface area contributed by atoms with Crippen molar-refractivity contribution < 1.29 is 23.1 Å². The number of rotatable bonds is 3. The van der Waals surface area contributed by atoms with Crippen LogP contribution in [0.4, 0.5) is 0 Å². The van der Waals surface area contributed by atoms with E-state index in [1.54, 1.807) is 0 Å². The van der Waals surface area contributed by atoms with Gasteiger partial charge < -0.3 is 5.11 Å². The van der Waals surface area contributed by atoms with Crippen LogP contribution >= 0.6 is 0 Å². The Balaban J connectivity index is 2.55. The number of carbonyl (C=O) groups is 2. The van der Waals surface area contributed by atoms with Crippen molar-refractivity contribution in [1.82, 2.24) is 4.31 Å². The van der Waals surface area contributed by atoms with E-state index in [2.05, 4.69) is 5.92 Å². The van der Waals surface area contributed by atoms with Gasteiger partial charge in [0.2, 0.25) is 0 Å². The second-order valence-electron chi connectivity index (χ2n) is 3.85. The van der Waals surface area contributed by atoms with Gasteiger partial charge in [-0.3, -0.25) is 4.79 Å². The van der Waals surface area contributed by atoms with E-state index in [1.807, 2.05) is 0 Å². The van der Waals surface area contributed by atoms with E-state index in [9.17, 15) is 18.0 Å². The lowest BCUT2D eigenvalue weighted by atomic mass is 10.1. The molecule has 0 saturated carbocycles. The first kappa shape index (κ1) is 13.1. The number of fused-ring (bicyclic) bond motifs is 1. The lowest BCUT2D eigenvalue weighted by Crippen LogP contribution is -2.30. The van der Waals surface area contributed by atoms with E-state index in [0.717, 1.165) is 6.07 Å². The summed E-state index contributed by atoms with van der Waals surface area (Å²) in [5, 5.41) is 8.84. The Morgan fingerprint density at radius 1 is 1.42 bits per heavy atom. The molecule has 0 unspecified atom stereocenters. The van der Waals surface area contributed by atoms with E-state index >= 15 is 0 Å². The highest BCUT2D eigenvalue weighted by atomic mass is 32.2. The summed E-state index contributed by atoms with van der Waals surface area (Å²) in [6, 6.07) is 3.38. The molecule has 1 heterocycles. The smallest absolute Gasteiger partial charge is 0.335 e. The van der Waals surface area contributed by atoms with E-state index in [-0.39, 0.29) is 29.0 Å². The van der Waals surface area contributed by atoms with Gasteiger partial charge in [-0.1, -0.05) is 0 Å². The first-order chi connectivity index (χ1) is 8.89. The molecule has 1 aromatic rings. The van der Waals surface area contributed by atoms with Crippen molar-refractivity contribution in [1.29, 1.82) is 0 Å². The molecule has 7 heteroatoms. The van der Waals surface area contributed by atoms with Crippen LogP contribution in [0.3, 0.4) is 0 Å². The number of carboxylic acid groups (broad SMARTS) is 1. The van der Waals surface area contributed by atoms with Crippen LogP contribution in [-0.2, 0) is 10.0 Å². The third-order valence-electron chi connectivity index (χ3n) is 2.71. The summed E-state index contributed by atoms with van der Waals surface area (Å²) in [4.78, 5) is 22.5. The van der Waals surface area contributed by atoms with Crippen molar-refractivity contribution in [2.45, 2.75) is 11.3 Å². The summed E-state index contributed by atoms with van der Waals surface area (Å²) >= 11 is 0. The minimum Gasteiger partial charge on any atom is -0.478 e. The molecular weight excluding hydrogens is 270 g/mol. The molecule has 0 aromatic heterocycles. The monoisotopic (exact) mass is 279 g/mol. The number of amides is 1. The van der Waals surface area contributed by atoms with Crippen LogP contribution in [0, 0.1) is 12.3 Å². The van der Waals surface area contributed by atoms with Gasteiger partial charge in [0.25, 0.3) is 15.9 Å². The Morgan fingerprint density at radius 2 is 2.11 bits per heavy atom. The largest absolute Gasteiger partial charge is 0.478 e. The molecule has 0 atom stereocenters. The quantitative estimate of drug-likeness (QED) is 0.816. The first-order valence-electron chi connectivity index (χ1n) is 5.27. The predicted octanol–water partition coefficient (Wildman–Crippen LogP) is 0.553. The number of hydrogen-bond acceptors (Lipinski definition) is 4. The van der Waals surface area contributed by atoms with E-state index in [1.165, 1.54) is 12.1 Å². The van der Waals surface area contributed by atoms with Crippen molar-refractivity contribution in [3.05, 3.63) is 29.3 Å². The van der Waals surface area contributed by atoms with E-state index in [4.69, 9.17) is 11.5 Å². The van der Waals surface area contributed by atoms with Crippen LogP contribution in [0.25, 0.3) is 0 Å². The van der Waals surface area contributed by atoms with Gasteiger partial charge in [-0.25, -0.2) is 17.5 Å². The maximum atomic E-state index is 12.1. The van der Waals surface area contributed by atoms with Gasteiger partial charge in [0.1, 0.15) is 4.90 Å². The number of terminal acetylenes is 1. The van der Waals surface area contributed by atoms with Crippen LogP contribution in [-0.4, -0.2) is 36.3 Å². The lowest BCUT2D eigenvalue weighted by molar-refractivity contribution is 0.0695. The molecule has 1 amide bonds. The Morgan fingerprint density at radius 3 is 2.68 bits per heavy atom. The van der Waals surface area contributed by atoms with Gasteiger partial charge in [-0.2, -0.15) is 0 Å². The number of aromatic carboxylic acids is 1. The van der Waals surface area contributed by atoms with Crippen LogP contribution in [0.5, 0.6) is 0 Å². The standard InChI is InChI=1S/C12H9NO5S/c1-2-3-6-13-11(14)9-5-4-8(12(15)16)7-10(9)19(13,17)18/h1,4-5,7H,3,6H2,(H,15,16). The maximum Gasteiger partial charge on any atom is 0.335 e. The summed E-state index contributed by atoms with van der Waals surface area (Å²) in [5.74, 6) is 0.321. The first-order valence-corrected chi connectivity index (χ1v) is 6.71. The lowest BCUT2D eigenvalue weighted by Gasteiger charge is -2.12. The molecule has 0 radical (unpaired) electrons. The summed E-state index contributed by atoms with van der Waals surface area (Å²) in [6.45, 7) is -0.116. The van der Waals surface area contributed by atoms with Gasteiger partial charge in [-0.15, -0.1) is 12.3 Å². The molecule has 0 aliphatic carbocycles. The molecule has 1 N–H and O–H groups in total. The van der Waals surface area contributed by atoms with E-state index < -0.39 is 21.9 Å². The normalized spacial score (nSPS) is 15.9. The van der Waals surface area contributed by atoms with Gasteiger partial charge >= 0.3 is 5.97 Å². The van der Waals surface area contributed by atoms with Gasteiger partial charge in [0.05, 0.1) is 11.1 Å². The fourth-order valence-corrected chi connectivity index (χ4v) is 3.39. The van der Waals surface area contributed by atoms with Crippen LogP contribution < -0.4 is 0 Å². The fourth-order valence-electron chi connectivity index (χ4n) is 1.80. The van der Waals surface area contributed by atoms with Gasteiger partial charge in [0.15, 0.2) is 0 Å². The number of hydrogen-bond donors (Lipinski definition) is 1. The number of benzene rings is 1. The average Bonchev–Trinajstić information content (AvgIpc) is 2.55. The van der Waals surface area contributed by atoms with Gasteiger partial charge in [0, 0.05) is 13.0 Å². The number of nitrogens with zero attached hydrogens (tertiary/aromatic N) is 1. The fraction of sp³-hybridized carbons (Fsp3) is 0.167. The highest BCUT2D eigenvalue weighted by Gasteiger charge is 2.41. The number of carboxylic acids is 1. The van der Waals surface area contributed by atoms with Crippen LogP contribution in [0.1, 0.15) is 27.1 Å². The molecule has 98 valence electrons. The molecule has 2 rings (SSSR count). The average molecular weight is 279 g/mol. The molecule has 0 bridgehead atoms. The third kappa shape index (κ3) is 1.96. The van der Waals surface area contributed by atoms with E-state index in [0.29, 0.717) is 4.31 Å². The zero-order valence-corrected chi connectivity index (χ0v) is 10.5. The zero-order chi connectivity index (χ0) is 14.2. The van der Waals surface area contributed by atoms with Crippen LogP contribution in [0.15, 0.2) is 23.1 Å². The minimum atomic E-state index is -4.00. The molecule has 0 fully saturated rings. The summed E-state index contributed by atoms with van der Waals surface area (Å²) < 4.78 is 24.9. The zero-order valence-electron chi connectivity index (χ0n) is 9.66. The molecule has 1 aliphatic rings. The highest BCUT2D eigenvalue weighted by molar-refractivity contribution is 7.90. The second-order valence-corrected chi connectivity index (χ2v) is 5.68. The summed E-state index contributed by atoms with van der Waals surface area (Å²) in [6.07, 6.45) is 5.15. The Labute approximate surface area is 109 Å². The summed E-state index contributed by atoms with van der Waals surface area (Å²) in [5.41, 5.74) is -0.212. The Hall–Kier alpha value is -2.33. The van der Waals surface area contributed by atoms with Crippen molar-refractivity contribution in [3.8, 4) is 12.3 Å². The molecule has 1 aliphatic heterocycles. The molecule has 6 nitrogen and oxygen atoms in total. The maximum absolute atomic E-state index is 12.1. The molecule has 0 saturated heterocycles. The van der Waals surface area contributed by atoms with Crippen molar-refractivity contribution in [3.63, 3.8) is 0 Å².